The number of para-hydroxylation sites is 2. The number of ketones is 1. The van der Waals surface area contributed by atoms with Crippen LogP contribution in [0.3, 0.4) is 0 Å². The van der Waals surface area contributed by atoms with Gasteiger partial charge >= 0.3 is 0 Å². The number of nitrogens with one attached hydrogen (secondary N) is 1. The molecule has 0 saturated carbocycles. The summed E-state index contributed by atoms with van der Waals surface area (Å²) in [6.45, 7) is 0.284. The number of carbonyl (C=O) groups excluding carboxylic acids is 2. The van der Waals surface area contributed by atoms with Crippen molar-refractivity contribution in [2.75, 3.05) is 13.7 Å². The Morgan fingerprint density at radius 2 is 1.74 bits per heavy atom. The molecular formula is C28H23ClN2O4. The molecule has 176 valence electrons. The SMILES string of the molecule is COc1ccccc1[C@H]1C(=C(O)c2ccc(Cl)cc2)C(=O)C(=O)N1CCc1c[nH]c2ccccc12. The zero-order chi connectivity index (χ0) is 24.5. The van der Waals surface area contributed by atoms with Crippen molar-refractivity contribution < 1.29 is 19.4 Å². The molecule has 1 amide bonds. The average molecular weight is 487 g/mol. The molecule has 1 aliphatic rings. The number of fused-ring (bicyclic) bond motifs is 1. The summed E-state index contributed by atoms with van der Waals surface area (Å²) in [6, 6.07) is 20.9. The molecule has 0 radical (unpaired) electrons. The molecule has 6 nitrogen and oxygen atoms in total. The Labute approximate surface area is 207 Å². The Hall–Kier alpha value is -4.03. The van der Waals surface area contributed by atoms with Gasteiger partial charge in [0.05, 0.1) is 18.7 Å². The maximum absolute atomic E-state index is 13.3. The van der Waals surface area contributed by atoms with Gasteiger partial charge in [-0.1, -0.05) is 48.0 Å². The number of carbonyl (C=O) groups is 2. The molecule has 3 aromatic carbocycles. The number of aromatic nitrogens is 1. The van der Waals surface area contributed by atoms with Gasteiger partial charge in [0.2, 0.25) is 0 Å². The third-order valence-electron chi connectivity index (χ3n) is 6.39. The molecule has 2 heterocycles. The number of aliphatic hydroxyl groups is 1. The van der Waals surface area contributed by atoms with Gasteiger partial charge in [0.25, 0.3) is 11.7 Å². The lowest BCUT2D eigenvalue weighted by molar-refractivity contribution is -0.139. The molecule has 0 unspecified atom stereocenters. The number of amides is 1. The van der Waals surface area contributed by atoms with E-state index in [9.17, 15) is 14.7 Å². The van der Waals surface area contributed by atoms with E-state index in [1.165, 1.54) is 12.0 Å². The molecule has 2 N–H and O–H groups in total. The van der Waals surface area contributed by atoms with E-state index in [1.54, 1.807) is 30.3 Å². The van der Waals surface area contributed by atoms with E-state index in [-0.39, 0.29) is 17.9 Å². The van der Waals surface area contributed by atoms with Gasteiger partial charge in [-0.15, -0.1) is 0 Å². The van der Waals surface area contributed by atoms with Crippen LogP contribution in [0.5, 0.6) is 5.75 Å². The lowest BCUT2D eigenvalue weighted by atomic mass is 9.94. The van der Waals surface area contributed by atoms with Crippen LogP contribution in [0.25, 0.3) is 16.7 Å². The highest BCUT2D eigenvalue weighted by Gasteiger charge is 2.46. The number of aromatic amines is 1. The molecule has 0 bridgehead atoms. The largest absolute Gasteiger partial charge is 0.507 e. The molecule has 0 aliphatic carbocycles. The van der Waals surface area contributed by atoms with Crippen LogP contribution in [0.1, 0.15) is 22.7 Å². The minimum absolute atomic E-state index is 0.0285. The smallest absolute Gasteiger partial charge is 0.295 e. The van der Waals surface area contributed by atoms with Crippen LogP contribution >= 0.6 is 11.6 Å². The summed E-state index contributed by atoms with van der Waals surface area (Å²) < 4.78 is 5.56. The maximum atomic E-state index is 13.3. The van der Waals surface area contributed by atoms with Crippen molar-refractivity contribution in [3.63, 3.8) is 0 Å². The predicted molar refractivity (Wildman–Crippen MR) is 135 cm³/mol. The number of nitrogens with zero attached hydrogens (tertiary/aromatic N) is 1. The zero-order valence-electron chi connectivity index (χ0n) is 19.0. The van der Waals surface area contributed by atoms with Crippen molar-refractivity contribution in [1.82, 2.24) is 9.88 Å². The number of aliphatic hydroxyl groups excluding tert-OH is 1. The van der Waals surface area contributed by atoms with E-state index in [0.29, 0.717) is 28.3 Å². The van der Waals surface area contributed by atoms with Crippen molar-refractivity contribution in [3.8, 4) is 5.75 Å². The van der Waals surface area contributed by atoms with E-state index in [4.69, 9.17) is 16.3 Å². The van der Waals surface area contributed by atoms with Gasteiger partial charge in [-0.3, -0.25) is 9.59 Å². The first-order valence-corrected chi connectivity index (χ1v) is 11.6. The number of Topliss-reactive ketones (excluding diaryl/α,β-unsaturated/α-hetero) is 1. The molecule has 35 heavy (non-hydrogen) atoms. The number of hydrogen-bond acceptors (Lipinski definition) is 4. The highest BCUT2D eigenvalue weighted by atomic mass is 35.5. The average Bonchev–Trinajstić information content (AvgIpc) is 3.41. The summed E-state index contributed by atoms with van der Waals surface area (Å²) in [5.74, 6) is -1.10. The lowest BCUT2D eigenvalue weighted by Crippen LogP contribution is -2.31. The number of methoxy groups -OCH3 is 1. The fourth-order valence-electron chi connectivity index (χ4n) is 4.67. The van der Waals surface area contributed by atoms with Gasteiger partial charge in [0, 0.05) is 39.8 Å². The number of hydrogen-bond donors (Lipinski definition) is 2. The number of halogens is 1. The second kappa shape index (κ2) is 9.31. The Morgan fingerprint density at radius 1 is 1.03 bits per heavy atom. The first kappa shape index (κ1) is 22.7. The Morgan fingerprint density at radius 3 is 2.51 bits per heavy atom. The molecule has 1 aliphatic heterocycles. The van der Waals surface area contributed by atoms with E-state index in [2.05, 4.69) is 4.98 Å². The number of H-pyrrole nitrogens is 1. The van der Waals surface area contributed by atoms with Crippen molar-refractivity contribution in [2.45, 2.75) is 12.5 Å². The summed E-state index contributed by atoms with van der Waals surface area (Å²) in [5, 5.41) is 12.8. The van der Waals surface area contributed by atoms with Crippen molar-refractivity contribution >= 4 is 40.0 Å². The van der Waals surface area contributed by atoms with Gasteiger partial charge in [-0.25, -0.2) is 0 Å². The van der Waals surface area contributed by atoms with Crippen LogP contribution in [0.4, 0.5) is 0 Å². The third-order valence-corrected chi connectivity index (χ3v) is 6.64. The molecule has 4 aromatic rings. The molecule has 1 aromatic heterocycles. The normalized spacial score (nSPS) is 17.3. The minimum Gasteiger partial charge on any atom is -0.507 e. The van der Waals surface area contributed by atoms with Crippen molar-refractivity contribution in [2.24, 2.45) is 0 Å². The molecule has 5 rings (SSSR count). The Balaban J connectivity index is 1.59. The van der Waals surface area contributed by atoms with Crippen LogP contribution in [0.15, 0.2) is 84.6 Å². The second-order valence-electron chi connectivity index (χ2n) is 8.35. The molecule has 1 atom stereocenters. The lowest BCUT2D eigenvalue weighted by Gasteiger charge is -2.26. The van der Waals surface area contributed by atoms with Gasteiger partial charge in [-0.2, -0.15) is 0 Å². The van der Waals surface area contributed by atoms with Crippen molar-refractivity contribution in [1.29, 1.82) is 0 Å². The Kier molecular flexibility index (Phi) is 6.05. The molecule has 0 spiro atoms. The first-order valence-electron chi connectivity index (χ1n) is 11.2. The molecule has 1 fully saturated rings. The Bertz CT molecular complexity index is 1460. The zero-order valence-corrected chi connectivity index (χ0v) is 19.8. The van der Waals surface area contributed by atoms with Gasteiger partial charge in [0.1, 0.15) is 11.5 Å². The molecule has 1 saturated heterocycles. The third kappa shape index (κ3) is 4.06. The minimum atomic E-state index is -0.799. The van der Waals surface area contributed by atoms with E-state index in [1.807, 2.05) is 48.7 Å². The number of rotatable bonds is 6. The second-order valence-corrected chi connectivity index (χ2v) is 8.79. The number of ether oxygens (including phenoxy) is 1. The van der Waals surface area contributed by atoms with Gasteiger partial charge in [0.15, 0.2) is 0 Å². The van der Waals surface area contributed by atoms with Crippen LogP contribution in [-0.2, 0) is 16.0 Å². The highest BCUT2D eigenvalue weighted by Crippen LogP contribution is 2.42. The molecular weight excluding hydrogens is 464 g/mol. The van der Waals surface area contributed by atoms with E-state index in [0.717, 1.165) is 16.5 Å². The van der Waals surface area contributed by atoms with Crippen LogP contribution in [-0.4, -0.2) is 40.3 Å². The number of likely N-dealkylation sites (tertiary alicyclic amines) is 1. The van der Waals surface area contributed by atoms with Crippen LogP contribution < -0.4 is 4.74 Å². The highest BCUT2D eigenvalue weighted by molar-refractivity contribution is 6.46. The predicted octanol–water partition coefficient (Wildman–Crippen LogP) is 5.49. The standard InChI is InChI=1S/C28H23ClN2O4/c1-35-23-9-5-3-7-21(23)25-24(26(32)17-10-12-19(29)13-11-17)27(33)28(34)31(25)15-14-18-16-30-22-8-4-2-6-20(18)22/h2-13,16,25,30,32H,14-15H2,1H3/t25-/m0/s1. The van der Waals surface area contributed by atoms with Crippen molar-refractivity contribution in [3.05, 3.63) is 106 Å². The molecule has 7 heteroatoms. The van der Waals surface area contributed by atoms with Gasteiger partial charge in [-0.05, 0) is 48.4 Å². The summed E-state index contributed by atoms with van der Waals surface area (Å²) in [5.41, 5.74) is 3.11. The van der Waals surface area contributed by atoms with Crippen LogP contribution in [0.2, 0.25) is 5.02 Å². The van der Waals surface area contributed by atoms with Crippen LogP contribution in [0, 0.1) is 0 Å². The maximum Gasteiger partial charge on any atom is 0.295 e. The van der Waals surface area contributed by atoms with E-state index < -0.39 is 17.7 Å². The van der Waals surface area contributed by atoms with E-state index >= 15 is 0 Å². The number of benzene rings is 3. The fraction of sp³-hybridized carbons (Fsp3) is 0.143. The summed E-state index contributed by atoms with van der Waals surface area (Å²) in [4.78, 5) is 31.3. The topological polar surface area (TPSA) is 82.6 Å². The first-order chi connectivity index (χ1) is 17.0. The summed E-state index contributed by atoms with van der Waals surface area (Å²) >= 11 is 6.00. The quantitative estimate of drug-likeness (QED) is 0.214. The monoisotopic (exact) mass is 486 g/mol. The summed E-state index contributed by atoms with van der Waals surface area (Å²) in [6.07, 6.45) is 2.46. The van der Waals surface area contributed by atoms with Gasteiger partial charge < -0.3 is 19.7 Å². The fourth-order valence-corrected chi connectivity index (χ4v) is 4.79. The summed E-state index contributed by atoms with van der Waals surface area (Å²) in [7, 11) is 1.54.